The van der Waals surface area contributed by atoms with Crippen LogP contribution < -0.4 is 5.43 Å². The summed E-state index contributed by atoms with van der Waals surface area (Å²) in [5, 5.41) is 3.95. The Labute approximate surface area is 114 Å². The SMILES string of the molecule is Cc1ccccc1/C=N\Nc1ccc(C(F)(F)F)cn1. The average molecular weight is 279 g/mol. The molecular formula is C14H12F3N3. The summed E-state index contributed by atoms with van der Waals surface area (Å²) in [6.07, 6.45) is -2.02. The van der Waals surface area contributed by atoms with Gasteiger partial charge in [0.15, 0.2) is 0 Å². The van der Waals surface area contributed by atoms with Gasteiger partial charge in [0.1, 0.15) is 5.82 Å². The van der Waals surface area contributed by atoms with E-state index in [1.54, 1.807) is 6.21 Å². The first-order chi connectivity index (χ1) is 9.47. The molecule has 0 atom stereocenters. The van der Waals surface area contributed by atoms with Crippen molar-refractivity contribution in [1.82, 2.24) is 4.98 Å². The van der Waals surface area contributed by atoms with E-state index in [1.165, 1.54) is 6.07 Å². The van der Waals surface area contributed by atoms with Gasteiger partial charge in [0.25, 0.3) is 0 Å². The molecule has 0 aliphatic carbocycles. The van der Waals surface area contributed by atoms with Gasteiger partial charge in [-0.05, 0) is 30.2 Å². The highest BCUT2D eigenvalue weighted by Crippen LogP contribution is 2.28. The van der Waals surface area contributed by atoms with Gasteiger partial charge in [0.2, 0.25) is 0 Å². The van der Waals surface area contributed by atoms with Crippen LogP contribution in [0.15, 0.2) is 47.7 Å². The number of pyridine rings is 1. The number of nitrogens with one attached hydrogen (secondary N) is 1. The first-order valence-electron chi connectivity index (χ1n) is 5.85. The van der Waals surface area contributed by atoms with Crippen molar-refractivity contribution in [3.05, 3.63) is 59.3 Å². The quantitative estimate of drug-likeness (QED) is 0.684. The van der Waals surface area contributed by atoms with Gasteiger partial charge >= 0.3 is 6.18 Å². The van der Waals surface area contributed by atoms with Crippen LogP contribution in [0.1, 0.15) is 16.7 Å². The zero-order valence-corrected chi connectivity index (χ0v) is 10.6. The van der Waals surface area contributed by atoms with E-state index in [9.17, 15) is 13.2 Å². The minimum Gasteiger partial charge on any atom is -0.261 e. The molecule has 0 saturated heterocycles. The van der Waals surface area contributed by atoms with Gasteiger partial charge in [0.05, 0.1) is 11.8 Å². The summed E-state index contributed by atoms with van der Waals surface area (Å²) in [5.41, 5.74) is 3.78. The van der Waals surface area contributed by atoms with Gasteiger partial charge < -0.3 is 0 Å². The van der Waals surface area contributed by atoms with Crippen molar-refractivity contribution in [3.63, 3.8) is 0 Å². The molecule has 3 nitrogen and oxygen atoms in total. The summed E-state index contributed by atoms with van der Waals surface area (Å²) in [6.45, 7) is 1.94. The molecule has 0 radical (unpaired) electrons. The number of nitrogens with zero attached hydrogens (tertiary/aromatic N) is 2. The monoisotopic (exact) mass is 279 g/mol. The summed E-state index contributed by atoms with van der Waals surface area (Å²) in [6, 6.07) is 9.82. The lowest BCUT2D eigenvalue weighted by atomic mass is 10.1. The van der Waals surface area contributed by atoms with Crippen LogP contribution in [0.25, 0.3) is 0 Å². The van der Waals surface area contributed by atoms with E-state index >= 15 is 0 Å². The van der Waals surface area contributed by atoms with Crippen LogP contribution in [0.3, 0.4) is 0 Å². The van der Waals surface area contributed by atoms with E-state index in [4.69, 9.17) is 0 Å². The predicted molar refractivity (Wildman–Crippen MR) is 71.6 cm³/mol. The number of benzene rings is 1. The molecule has 0 saturated carbocycles. The highest BCUT2D eigenvalue weighted by atomic mass is 19.4. The van der Waals surface area contributed by atoms with E-state index in [0.29, 0.717) is 0 Å². The lowest BCUT2D eigenvalue weighted by Gasteiger charge is -2.06. The normalized spacial score (nSPS) is 11.8. The van der Waals surface area contributed by atoms with Crippen molar-refractivity contribution in [2.45, 2.75) is 13.1 Å². The lowest BCUT2D eigenvalue weighted by Crippen LogP contribution is -2.05. The third-order valence-electron chi connectivity index (χ3n) is 2.66. The molecule has 2 rings (SSSR count). The number of aromatic nitrogens is 1. The third kappa shape index (κ3) is 3.57. The van der Waals surface area contributed by atoms with E-state index < -0.39 is 11.7 Å². The van der Waals surface area contributed by atoms with E-state index in [0.717, 1.165) is 23.4 Å². The highest BCUT2D eigenvalue weighted by Gasteiger charge is 2.30. The molecule has 1 aromatic heterocycles. The largest absolute Gasteiger partial charge is 0.417 e. The Morgan fingerprint density at radius 2 is 1.90 bits per heavy atom. The summed E-state index contributed by atoms with van der Waals surface area (Å²) < 4.78 is 37.0. The second kappa shape index (κ2) is 5.73. The van der Waals surface area contributed by atoms with E-state index in [1.807, 2.05) is 31.2 Å². The Bertz CT molecular complexity index is 604. The average Bonchev–Trinajstić information content (AvgIpc) is 2.40. The molecule has 0 unspecified atom stereocenters. The van der Waals surface area contributed by atoms with Gasteiger partial charge in [0, 0.05) is 6.20 Å². The van der Waals surface area contributed by atoms with Crippen LogP contribution in [-0.2, 0) is 6.18 Å². The molecule has 20 heavy (non-hydrogen) atoms. The molecule has 0 amide bonds. The maximum atomic E-state index is 12.3. The number of hydrogen-bond acceptors (Lipinski definition) is 3. The van der Waals surface area contributed by atoms with Crippen LogP contribution in [-0.4, -0.2) is 11.2 Å². The fraction of sp³-hybridized carbons (Fsp3) is 0.143. The number of alkyl halides is 3. The molecule has 2 aromatic rings. The summed E-state index contributed by atoms with van der Waals surface area (Å²) >= 11 is 0. The first-order valence-corrected chi connectivity index (χ1v) is 5.85. The fourth-order valence-electron chi connectivity index (χ4n) is 1.53. The molecule has 0 spiro atoms. The van der Waals surface area contributed by atoms with Gasteiger partial charge in [-0.25, -0.2) is 4.98 Å². The summed E-state index contributed by atoms with van der Waals surface area (Å²) in [7, 11) is 0. The minimum absolute atomic E-state index is 0.253. The number of aryl methyl sites for hydroxylation is 1. The first kappa shape index (κ1) is 14.0. The van der Waals surface area contributed by atoms with E-state index in [2.05, 4.69) is 15.5 Å². The summed E-state index contributed by atoms with van der Waals surface area (Å²) in [5.74, 6) is 0.253. The molecule has 0 fully saturated rings. The van der Waals surface area contributed by atoms with Gasteiger partial charge in [-0.3, -0.25) is 5.43 Å². The van der Waals surface area contributed by atoms with Crippen molar-refractivity contribution in [2.24, 2.45) is 5.10 Å². The van der Waals surface area contributed by atoms with Crippen molar-refractivity contribution in [2.75, 3.05) is 5.43 Å². The predicted octanol–water partition coefficient (Wildman–Crippen LogP) is 3.85. The molecular weight excluding hydrogens is 267 g/mol. The van der Waals surface area contributed by atoms with Crippen LogP contribution >= 0.6 is 0 Å². The molecule has 1 aromatic carbocycles. The Kier molecular flexibility index (Phi) is 4.02. The molecule has 1 N–H and O–H groups in total. The van der Waals surface area contributed by atoms with Gasteiger partial charge in [-0.2, -0.15) is 18.3 Å². The molecule has 1 heterocycles. The van der Waals surface area contributed by atoms with Crippen LogP contribution in [0.4, 0.5) is 19.0 Å². The maximum absolute atomic E-state index is 12.3. The Morgan fingerprint density at radius 3 is 2.50 bits per heavy atom. The Morgan fingerprint density at radius 1 is 1.15 bits per heavy atom. The molecule has 0 bridgehead atoms. The number of anilines is 1. The van der Waals surface area contributed by atoms with Crippen LogP contribution in [0, 0.1) is 6.92 Å². The lowest BCUT2D eigenvalue weighted by molar-refractivity contribution is -0.137. The standard InChI is InChI=1S/C14H12F3N3/c1-10-4-2-3-5-11(10)8-19-20-13-7-6-12(9-18-13)14(15,16)17/h2-9H,1H3,(H,18,20)/b19-8-. The van der Waals surface area contributed by atoms with Crippen molar-refractivity contribution in [1.29, 1.82) is 0 Å². The molecule has 0 aliphatic rings. The minimum atomic E-state index is -4.38. The Balaban J connectivity index is 2.03. The van der Waals surface area contributed by atoms with E-state index in [-0.39, 0.29) is 5.82 Å². The second-order valence-corrected chi connectivity index (χ2v) is 4.16. The van der Waals surface area contributed by atoms with Gasteiger partial charge in [-0.15, -0.1) is 0 Å². The number of hydrogen-bond donors (Lipinski definition) is 1. The topological polar surface area (TPSA) is 37.3 Å². The smallest absolute Gasteiger partial charge is 0.261 e. The second-order valence-electron chi connectivity index (χ2n) is 4.16. The summed E-state index contributed by atoms with van der Waals surface area (Å²) in [4.78, 5) is 3.65. The molecule has 104 valence electrons. The zero-order chi connectivity index (χ0) is 14.6. The van der Waals surface area contributed by atoms with Gasteiger partial charge in [-0.1, -0.05) is 24.3 Å². The number of halogens is 3. The fourth-order valence-corrected chi connectivity index (χ4v) is 1.53. The highest BCUT2D eigenvalue weighted by molar-refractivity contribution is 5.81. The third-order valence-corrected chi connectivity index (χ3v) is 2.66. The van der Waals surface area contributed by atoms with Crippen molar-refractivity contribution >= 4 is 12.0 Å². The molecule has 6 heteroatoms. The van der Waals surface area contributed by atoms with Crippen LogP contribution in [0.5, 0.6) is 0 Å². The van der Waals surface area contributed by atoms with Crippen molar-refractivity contribution in [3.8, 4) is 0 Å². The van der Waals surface area contributed by atoms with Crippen LogP contribution in [0.2, 0.25) is 0 Å². The zero-order valence-electron chi connectivity index (χ0n) is 10.6. The Hall–Kier alpha value is -2.37. The van der Waals surface area contributed by atoms with Crippen molar-refractivity contribution < 1.29 is 13.2 Å². The maximum Gasteiger partial charge on any atom is 0.417 e. The number of hydrazone groups is 1. The molecule has 0 aliphatic heterocycles. The number of rotatable bonds is 3.